The van der Waals surface area contributed by atoms with Crippen LogP contribution >= 0.6 is 0 Å². The quantitative estimate of drug-likeness (QED) is 0.165. The van der Waals surface area contributed by atoms with Crippen LogP contribution in [0.15, 0.2) is 66.7 Å². The van der Waals surface area contributed by atoms with Crippen LogP contribution in [0.4, 0.5) is 36.4 Å². The summed E-state index contributed by atoms with van der Waals surface area (Å²) in [7, 11) is 0. The third-order valence-corrected chi connectivity index (χ3v) is 5.87. The fraction of sp³-hybridized carbons (Fsp3) is 0.296. The molecular weight excluding hydrogens is 565 g/mol. The molecule has 220 valence electrons. The van der Waals surface area contributed by atoms with Crippen molar-refractivity contribution in [1.82, 2.24) is 5.48 Å². The number of rotatable bonds is 10. The standard InChI is InChI=1S/C27H23F7N2O5/c1-16(37)41-35-11-12-36-22-10-4-9-21(17-5-2-8-20(13-17)40-27(32,33)34)24(22)38-15-23(36)18-6-3-7-19(14-18)39-26(30,31)25(28)29/h2-10,13-14,23,25,35H,11-12,15H2,1H3. The maximum atomic E-state index is 13.5. The second-order valence-corrected chi connectivity index (χ2v) is 8.77. The number of nitrogens with zero attached hydrogens (tertiary/aromatic N) is 1. The molecule has 7 nitrogen and oxygen atoms in total. The Labute approximate surface area is 229 Å². The number of para-hydroxylation sites is 1. The van der Waals surface area contributed by atoms with Crippen LogP contribution < -0.4 is 24.6 Å². The van der Waals surface area contributed by atoms with E-state index in [0.717, 1.165) is 12.1 Å². The predicted octanol–water partition coefficient (Wildman–Crippen LogP) is 6.50. The van der Waals surface area contributed by atoms with Crippen LogP contribution in [0.5, 0.6) is 17.2 Å². The molecule has 1 aliphatic rings. The molecule has 1 atom stereocenters. The van der Waals surface area contributed by atoms with Crippen molar-refractivity contribution in [1.29, 1.82) is 0 Å². The molecule has 4 rings (SSSR count). The van der Waals surface area contributed by atoms with Gasteiger partial charge >= 0.3 is 24.9 Å². The second-order valence-electron chi connectivity index (χ2n) is 8.77. The van der Waals surface area contributed by atoms with Gasteiger partial charge in [-0.15, -0.1) is 13.2 Å². The maximum Gasteiger partial charge on any atom is 0.573 e. The highest BCUT2D eigenvalue weighted by atomic mass is 19.4. The summed E-state index contributed by atoms with van der Waals surface area (Å²) in [6.07, 6.45) is -13.6. The number of hydroxylamine groups is 1. The summed E-state index contributed by atoms with van der Waals surface area (Å²) in [6.45, 7) is 1.41. The van der Waals surface area contributed by atoms with E-state index in [1.54, 1.807) is 35.2 Å². The first-order valence-electron chi connectivity index (χ1n) is 12.1. The lowest BCUT2D eigenvalue weighted by Gasteiger charge is -2.39. The predicted molar refractivity (Wildman–Crippen MR) is 132 cm³/mol. The Morgan fingerprint density at radius 3 is 2.37 bits per heavy atom. The number of anilines is 1. The van der Waals surface area contributed by atoms with Crippen molar-refractivity contribution >= 4 is 11.7 Å². The molecule has 1 N–H and O–H groups in total. The van der Waals surface area contributed by atoms with Crippen LogP contribution in [-0.2, 0) is 9.63 Å². The van der Waals surface area contributed by atoms with Gasteiger partial charge in [0.1, 0.15) is 18.1 Å². The van der Waals surface area contributed by atoms with E-state index in [4.69, 9.17) is 9.57 Å². The zero-order valence-electron chi connectivity index (χ0n) is 21.3. The smallest absolute Gasteiger partial charge is 0.488 e. The van der Waals surface area contributed by atoms with Gasteiger partial charge in [-0.3, -0.25) is 4.79 Å². The summed E-state index contributed by atoms with van der Waals surface area (Å²) >= 11 is 0. The molecule has 0 fully saturated rings. The SMILES string of the molecule is CC(=O)ONCCN1c2cccc(-c3cccc(OC(F)(F)F)c3)c2OCC1c1cccc(OC(F)(F)C(F)F)c1. The lowest BCUT2D eigenvalue weighted by molar-refractivity contribution is -0.274. The van der Waals surface area contributed by atoms with E-state index in [1.165, 1.54) is 31.2 Å². The molecule has 0 spiro atoms. The van der Waals surface area contributed by atoms with Crippen molar-refractivity contribution in [3.8, 4) is 28.4 Å². The summed E-state index contributed by atoms with van der Waals surface area (Å²) in [6, 6.07) is 14.9. The maximum absolute atomic E-state index is 13.5. The number of fused-ring (bicyclic) bond motifs is 1. The largest absolute Gasteiger partial charge is 0.573 e. The highest BCUT2D eigenvalue weighted by Gasteiger charge is 2.44. The van der Waals surface area contributed by atoms with Gasteiger partial charge in [-0.1, -0.05) is 36.4 Å². The molecule has 0 saturated heterocycles. The van der Waals surface area contributed by atoms with Gasteiger partial charge in [-0.2, -0.15) is 23.0 Å². The number of hydrogen-bond acceptors (Lipinski definition) is 7. The van der Waals surface area contributed by atoms with E-state index in [0.29, 0.717) is 28.1 Å². The third-order valence-electron chi connectivity index (χ3n) is 5.87. The number of benzene rings is 3. The molecule has 1 unspecified atom stereocenters. The first-order valence-corrected chi connectivity index (χ1v) is 12.1. The van der Waals surface area contributed by atoms with E-state index < -0.39 is 42.4 Å². The third kappa shape index (κ3) is 7.51. The number of alkyl halides is 7. The van der Waals surface area contributed by atoms with Gasteiger partial charge in [0, 0.05) is 25.6 Å². The van der Waals surface area contributed by atoms with Crippen LogP contribution in [0.3, 0.4) is 0 Å². The number of nitrogens with one attached hydrogen (secondary N) is 1. The van der Waals surface area contributed by atoms with Crippen LogP contribution in [0, 0.1) is 0 Å². The van der Waals surface area contributed by atoms with Crippen molar-refractivity contribution in [2.24, 2.45) is 0 Å². The summed E-state index contributed by atoms with van der Waals surface area (Å²) in [5, 5.41) is 0. The van der Waals surface area contributed by atoms with Gasteiger partial charge in [-0.25, -0.2) is 0 Å². The fourth-order valence-corrected chi connectivity index (χ4v) is 4.27. The first kappa shape index (κ1) is 29.8. The molecule has 0 radical (unpaired) electrons. The van der Waals surface area contributed by atoms with Gasteiger partial charge < -0.3 is 23.9 Å². The Morgan fingerprint density at radius 1 is 1.00 bits per heavy atom. The summed E-state index contributed by atoms with van der Waals surface area (Å²) in [4.78, 5) is 17.7. The zero-order valence-corrected chi connectivity index (χ0v) is 21.3. The van der Waals surface area contributed by atoms with E-state index in [9.17, 15) is 35.5 Å². The molecule has 0 aliphatic carbocycles. The van der Waals surface area contributed by atoms with Gasteiger partial charge in [0.05, 0.1) is 11.7 Å². The van der Waals surface area contributed by atoms with E-state index in [2.05, 4.69) is 15.0 Å². The Morgan fingerprint density at radius 2 is 1.68 bits per heavy atom. The molecule has 0 bridgehead atoms. The average molecular weight is 588 g/mol. The summed E-state index contributed by atoms with van der Waals surface area (Å²) < 4.78 is 105. The van der Waals surface area contributed by atoms with Crippen molar-refractivity contribution in [2.75, 3.05) is 24.6 Å². The Balaban J connectivity index is 1.69. The molecule has 41 heavy (non-hydrogen) atoms. The van der Waals surface area contributed by atoms with Crippen molar-refractivity contribution < 1.29 is 54.6 Å². The number of carbonyl (C=O) groups excluding carboxylic acids is 1. The van der Waals surface area contributed by atoms with Gasteiger partial charge in [-0.05, 0) is 41.5 Å². The molecule has 0 amide bonds. The Hall–Kier alpha value is -4.20. The highest BCUT2D eigenvalue weighted by Crippen LogP contribution is 2.46. The monoisotopic (exact) mass is 588 g/mol. The van der Waals surface area contributed by atoms with E-state index in [1.807, 2.05) is 0 Å². The molecular formula is C27H23F7N2O5. The zero-order chi connectivity index (χ0) is 29.8. The van der Waals surface area contributed by atoms with Crippen molar-refractivity contribution in [2.45, 2.75) is 31.9 Å². The van der Waals surface area contributed by atoms with Crippen LogP contribution in [0.2, 0.25) is 0 Å². The van der Waals surface area contributed by atoms with Crippen LogP contribution in [-0.4, -0.2) is 44.6 Å². The summed E-state index contributed by atoms with van der Waals surface area (Å²) in [5.41, 5.74) is 4.18. The minimum Gasteiger partial charge on any atom is -0.488 e. The first-order chi connectivity index (χ1) is 19.3. The Kier molecular flexibility index (Phi) is 8.80. The topological polar surface area (TPSA) is 69.3 Å². The lowest BCUT2D eigenvalue weighted by atomic mass is 9.98. The molecule has 3 aromatic rings. The minimum absolute atomic E-state index is 0.0645. The Bertz CT molecular complexity index is 1370. The van der Waals surface area contributed by atoms with E-state index in [-0.39, 0.29) is 19.7 Å². The number of halogens is 7. The highest BCUT2D eigenvalue weighted by molar-refractivity contribution is 5.80. The molecule has 14 heteroatoms. The molecule has 3 aromatic carbocycles. The lowest BCUT2D eigenvalue weighted by Crippen LogP contribution is -2.41. The number of carbonyl (C=O) groups is 1. The normalized spacial score (nSPS) is 15.2. The van der Waals surface area contributed by atoms with Gasteiger partial charge in [0.25, 0.3) is 0 Å². The molecule has 1 heterocycles. The average Bonchev–Trinajstić information content (AvgIpc) is 2.89. The molecule has 0 saturated carbocycles. The molecule has 0 aromatic heterocycles. The minimum atomic E-state index is -4.89. The molecule has 1 aliphatic heterocycles. The van der Waals surface area contributed by atoms with Gasteiger partial charge in [0.2, 0.25) is 0 Å². The fourth-order valence-electron chi connectivity index (χ4n) is 4.27. The summed E-state index contributed by atoms with van der Waals surface area (Å²) in [5.74, 6) is -1.19. The van der Waals surface area contributed by atoms with E-state index >= 15 is 0 Å². The van der Waals surface area contributed by atoms with Gasteiger partial charge in [0.15, 0.2) is 5.75 Å². The number of ether oxygens (including phenoxy) is 3. The van der Waals surface area contributed by atoms with Crippen molar-refractivity contribution in [3.63, 3.8) is 0 Å². The second kappa shape index (κ2) is 12.1. The number of hydrogen-bond donors (Lipinski definition) is 1. The van der Waals surface area contributed by atoms with Crippen molar-refractivity contribution in [3.05, 3.63) is 72.3 Å². The van der Waals surface area contributed by atoms with Crippen LogP contribution in [0.25, 0.3) is 11.1 Å². The van der Waals surface area contributed by atoms with Crippen LogP contribution in [0.1, 0.15) is 18.5 Å².